The van der Waals surface area contributed by atoms with Crippen LogP contribution in [0.3, 0.4) is 0 Å². The molecule has 0 aliphatic carbocycles. The Morgan fingerprint density at radius 2 is 2.21 bits per heavy atom. The standard InChI is InChI=1S/C13H10BrN3O2/c1-18-11-6-9(7-15)2-3-10(11)8-19-12-4-5-16-13(14)17-12/h2-6H,8H2,1H3. The topological polar surface area (TPSA) is 68.0 Å². The highest BCUT2D eigenvalue weighted by Gasteiger charge is 2.06. The Bertz CT molecular complexity index is 626. The Morgan fingerprint density at radius 1 is 1.37 bits per heavy atom. The van der Waals surface area contributed by atoms with E-state index in [9.17, 15) is 0 Å². The number of rotatable bonds is 4. The number of ether oxygens (including phenoxy) is 2. The van der Waals surface area contributed by atoms with Crippen LogP contribution in [-0.4, -0.2) is 17.1 Å². The van der Waals surface area contributed by atoms with Gasteiger partial charge in [0.1, 0.15) is 12.4 Å². The number of nitrogens with zero attached hydrogens (tertiary/aromatic N) is 3. The summed E-state index contributed by atoms with van der Waals surface area (Å²) in [5.41, 5.74) is 1.39. The van der Waals surface area contributed by atoms with E-state index in [0.717, 1.165) is 5.56 Å². The van der Waals surface area contributed by atoms with Gasteiger partial charge in [-0.1, -0.05) is 6.07 Å². The number of methoxy groups -OCH3 is 1. The van der Waals surface area contributed by atoms with Gasteiger partial charge < -0.3 is 9.47 Å². The third-order valence-electron chi connectivity index (χ3n) is 2.39. The predicted octanol–water partition coefficient (Wildman–Crippen LogP) is 2.70. The summed E-state index contributed by atoms with van der Waals surface area (Å²) in [5, 5.41) is 8.83. The number of aromatic nitrogens is 2. The second-order valence-electron chi connectivity index (χ2n) is 3.59. The molecule has 96 valence electrons. The first-order valence-electron chi connectivity index (χ1n) is 5.41. The summed E-state index contributed by atoms with van der Waals surface area (Å²) in [7, 11) is 1.56. The number of hydrogen-bond donors (Lipinski definition) is 0. The van der Waals surface area contributed by atoms with Gasteiger partial charge in [0, 0.05) is 17.8 Å². The fourth-order valence-corrected chi connectivity index (χ4v) is 1.78. The highest BCUT2D eigenvalue weighted by molar-refractivity contribution is 9.10. The van der Waals surface area contributed by atoms with Crippen LogP contribution in [0, 0.1) is 11.3 Å². The summed E-state index contributed by atoms with van der Waals surface area (Å²) in [5.74, 6) is 1.08. The Balaban J connectivity index is 2.13. The second kappa shape index (κ2) is 6.16. The molecule has 0 spiro atoms. The molecule has 0 bridgehead atoms. The molecule has 0 N–H and O–H groups in total. The lowest BCUT2D eigenvalue weighted by atomic mass is 10.1. The van der Waals surface area contributed by atoms with Crippen LogP contribution >= 0.6 is 15.9 Å². The molecule has 1 heterocycles. The lowest BCUT2D eigenvalue weighted by Crippen LogP contribution is -2.00. The normalized spacial score (nSPS) is 9.74. The predicted molar refractivity (Wildman–Crippen MR) is 71.8 cm³/mol. The monoisotopic (exact) mass is 319 g/mol. The summed E-state index contributed by atoms with van der Waals surface area (Å²) in [6, 6.07) is 8.92. The molecule has 0 saturated heterocycles. The van der Waals surface area contributed by atoms with Crippen molar-refractivity contribution in [3.8, 4) is 17.7 Å². The van der Waals surface area contributed by atoms with E-state index in [1.165, 1.54) is 0 Å². The summed E-state index contributed by atoms with van der Waals surface area (Å²) >= 11 is 3.17. The van der Waals surface area contributed by atoms with E-state index in [1.807, 2.05) is 0 Å². The van der Waals surface area contributed by atoms with E-state index in [1.54, 1.807) is 37.6 Å². The maximum Gasteiger partial charge on any atom is 0.217 e. The first kappa shape index (κ1) is 13.3. The largest absolute Gasteiger partial charge is 0.496 e. The Labute approximate surface area is 119 Å². The molecule has 0 radical (unpaired) electrons. The van der Waals surface area contributed by atoms with Crippen molar-refractivity contribution in [3.05, 3.63) is 46.3 Å². The molecule has 0 fully saturated rings. The minimum Gasteiger partial charge on any atom is -0.496 e. The molecule has 5 nitrogen and oxygen atoms in total. The van der Waals surface area contributed by atoms with Crippen molar-refractivity contribution < 1.29 is 9.47 Å². The third kappa shape index (κ3) is 3.42. The summed E-state index contributed by atoms with van der Waals surface area (Å²) in [4.78, 5) is 7.98. The molecule has 0 saturated carbocycles. The lowest BCUT2D eigenvalue weighted by Gasteiger charge is -2.09. The van der Waals surface area contributed by atoms with Crippen molar-refractivity contribution in [2.24, 2.45) is 0 Å². The zero-order valence-corrected chi connectivity index (χ0v) is 11.7. The zero-order chi connectivity index (χ0) is 13.7. The van der Waals surface area contributed by atoms with Gasteiger partial charge in [0.15, 0.2) is 4.73 Å². The molecular formula is C13H10BrN3O2. The van der Waals surface area contributed by atoms with Gasteiger partial charge in [-0.2, -0.15) is 10.2 Å². The van der Waals surface area contributed by atoms with Crippen LogP contribution in [0.25, 0.3) is 0 Å². The Kier molecular flexibility index (Phi) is 4.31. The van der Waals surface area contributed by atoms with Crippen molar-refractivity contribution in [3.63, 3.8) is 0 Å². The van der Waals surface area contributed by atoms with E-state index in [2.05, 4.69) is 32.0 Å². The van der Waals surface area contributed by atoms with E-state index in [0.29, 0.717) is 28.5 Å². The van der Waals surface area contributed by atoms with Gasteiger partial charge in [0.05, 0.1) is 18.7 Å². The van der Waals surface area contributed by atoms with E-state index in [4.69, 9.17) is 14.7 Å². The number of benzene rings is 1. The van der Waals surface area contributed by atoms with Crippen molar-refractivity contribution in [2.45, 2.75) is 6.61 Å². The van der Waals surface area contributed by atoms with Crippen LogP contribution in [0.1, 0.15) is 11.1 Å². The fourth-order valence-electron chi connectivity index (χ4n) is 1.49. The summed E-state index contributed by atoms with van der Waals surface area (Å²) < 4.78 is 11.2. The zero-order valence-electron chi connectivity index (χ0n) is 10.1. The maximum atomic E-state index is 8.83. The maximum absolute atomic E-state index is 8.83. The molecule has 1 aromatic carbocycles. The number of halogens is 1. The molecule has 0 aliphatic heterocycles. The molecular weight excluding hydrogens is 310 g/mol. The molecule has 0 unspecified atom stereocenters. The minimum absolute atomic E-state index is 0.304. The van der Waals surface area contributed by atoms with Crippen LogP contribution < -0.4 is 9.47 Å². The highest BCUT2D eigenvalue weighted by atomic mass is 79.9. The van der Waals surface area contributed by atoms with Crippen molar-refractivity contribution in [1.29, 1.82) is 5.26 Å². The van der Waals surface area contributed by atoms with Crippen molar-refractivity contribution >= 4 is 15.9 Å². The van der Waals surface area contributed by atoms with Gasteiger partial charge in [-0.3, -0.25) is 0 Å². The van der Waals surface area contributed by atoms with Gasteiger partial charge in [0.2, 0.25) is 5.88 Å². The van der Waals surface area contributed by atoms with E-state index < -0.39 is 0 Å². The van der Waals surface area contributed by atoms with Gasteiger partial charge >= 0.3 is 0 Å². The van der Waals surface area contributed by atoms with Crippen LogP contribution in [0.4, 0.5) is 0 Å². The molecule has 0 aliphatic rings. The third-order valence-corrected chi connectivity index (χ3v) is 2.77. The van der Waals surface area contributed by atoms with Gasteiger partial charge in [-0.05, 0) is 28.1 Å². The van der Waals surface area contributed by atoms with Crippen molar-refractivity contribution in [1.82, 2.24) is 9.97 Å². The summed E-state index contributed by atoms with van der Waals surface area (Å²) in [6.07, 6.45) is 1.60. The van der Waals surface area contributed by atoms with Crippen molar-refractivity contribution in [2.75, 3.05) is 7.11 Å². The average Bonchev–Trinajstić information content (AvgIpc) is 2.45. The quantitative estimate of drug-likeness (QED) is 0.810. The molecule has 19 heavy (non-hydrogen) atoms. The molecule has 6 heteroatoms. The SMILES string of the molecule is COc1cc(C#N)ccc1COc1ccnc(Br)n1. The average molecular weight is 320 g/mol. The highest BCUT2D eigenvalue weighted by Crippen LogP contribution is 2.21. The lowest BCUT2D eigenvalue weighted by molar-refractivity contribution is 0.284. The van der Waals surface area contributed by atoms with E-state index >= 15 is 0 Å². The molecule has 1 aromatic heterocycles. The molecule has 0 atom stereocenters. The molecule has 2 rings (SSSR count). The molecule has 2 aromatic rings. The Hall–Kier alpha value is -2.13. The van der Waals surface area contributed by atoms with E-state index in [-0.39, 0.29) is 0 Å². The van der Waals surface area contributed by atoms with Gasteiger partial charge in [0.25, 0.3) is 0 Å². The molecule has 0 amide bonds. The van der Waals surface area contributed by atoms with Crippen LogP contribution in [0.5, 0.6) is 11.6 Å². The number of nitriles is 1. The number of hydrogen-bond acceptors (Lipinski definition) is 5. The van der Waals surface area contributed by atoms with Crippen LogP contribution in [0.15, 0.2) is 35.2 Å². The van der Waals surface area contributed by atoms with Crippen LogP contribution in [0.2, 0.25) is 0 Å². The summed E-state index contributed by atoms with van der Waals surface area (Å²) in [6.45, 7) is 0.304. The first-order chi connectivity index (χ1) is 9.22. The first-order valence-corrected chi connectivity index (χ1v) is 6.20. The van der Waals surface area contributed by atoms with Gasteiger partial charge in [-0.25, -0.2) is 4.98 Å². The second-order valence-corrected chi connectivity index (χ2v) is 4.30. The Morgan fingerprint density at radius 3 is 2.89 bits per heavy atom. The van der Waals surface area contributed by atoms with Crippen LogP contribution in [-0.2, 0) is 6.61 Å². The van der Waals surface area contributed by atoms with Gasteiger partial charge in [-0.15, -0.1) is 0 Å². The fraction of sp³-hybridized carbons (Fsp3) is 0.154. The smallest absolute Gasteiger partial charge is 0.217 e. The minimum atomic E-state index is 0.304.